The van der Waals surface area contributed by atoms with E-state index in [1.54, 1.807) is 0 Å². The predicted molar refractivity (Wildman–Crippen MR) is 223 cm³/mol. The van der Waals surface area contributed by atoms with Crippen LogP contribution in [-0.2, 0) is 32.1 Å². The first-order valence-corrected chi connectivity index (χ1v) is 19.1. The minimum Gasteiger partial charge on any atom is -0.494 e. The number of rotatable bonds is 0. The molecule has 8 aromatic rings. The number of anilines is 6. The molecule has 0 fully saturated rings. The van der Waals surface area contributed by atoms with E-state index < -0.39 is 11.1 Å². The van der Waals surface area contributed by atoms with Crippen molar-refractivity contribution < 1.29 is 21.1 Å². The molecule has 57 heavy (non-hydrogen) atoms. The number of benzene rings is 7. The third kappa shape index (κ3) is 4.00. The molecule has 0 atom stereocenters. The maximum Gasteiger partial charge on any atom is 4.00 e. The summed E-state index contributed by atoms with van der Waals surface area (Å²) in [5.74, 6) is 0.856. The van der Waals surface area contributed by atoms with Crippen LogP contribution < -0.4 is 19.6 Å². The summed E-state index contributed by atoms with van der Waals surface area (Å²) in [6.45, 7) is 4.55. The van der Waals surface area contributed by atoms with E-state index in [1.807, 2.05) is 12.3 Å². The third-order valence-corrected chi connectivity index (χ3v) is 12.5. The SMILES string of the molecule is [Pt+4].[c-]1c2cccc1C1(c3[c-]c(ccc3)N3[CH-]N(c4cccnc43)C3(c4ccccc4-c4ccccc43)N3[CH-]N2c2ccccc23)c2ccccc2-c2ccccc21. The Morgan fingerprint density at radius 1 is 0.421 bits per heavy atom. The van der Waals surface area contributed by atoms with Crippen LogP contribution in [0.15, 0.2) is 176 Å². The summed E-state index contributed by atoms with van der Waals surface area (Å²) >= 11 is 0. The van der Waals surface area contributed by atoms with Crippen molar-refractivity contribution in [3.63, 3.8) is 0 Å². The molecule has 6 heteroatoms. The molecule has 5 nitrogen and oxygen atoms in total. The number of fused-ring (bicyclic) bond motifs is 30. The van der Waals surface area contributed by atoms with Gasteiger partial charge in [-0.3, -0.25) is 0 Å². The average Bonchev–Trinajstić information content (AvgIpc) is 4.01. The second-order valence-corrected chi connectivity index (χ2v) is 15.0. The Kier molecular flexibility index (Phi) is 6.79. The van der Waals surface area contributed by atoms with E-state index in [1.165, 1.54) is 44.5 Å². The Hall–Kier alpha value is -6.42. The van der Waals surface area contributed by atoms with Crippen LogP contribution in [0.2, 0.25) is 0 Å². The van der Waals surface area contributed by atoms with Gasteiger partial charge in [-0.2, -0.15) is 48.5 Å². The van der Waals surface area contributed by atoms with E-state index in [0.717, 1.165) is 45.4 Å². The monoisotopic (exact) mass is 908 g/mol. The summed E-state index contributed by atoms with van der Waals surface area (Å²) < 4.78 is 0. The summed E-state index contributed by atoms with van der Waals surface area (Å²) in [6, 6.07) is 69.8. The van der Waals surface area contributed by atoms with Crippen molar-refractivity contribution in [1.29, 1.82) is 0 Å². The summed E-state index contributed by atoms with van der Waals surface area (Å²) in [5.41, 5.74) is 15.5. The number of nitrogens with zero attached hydrogens (tertiary/aromatic N) is 5. The van der Waals surface area contributed by atoms with Crippen molar-refractivity contribution in [2.45, 2.75) is 11.1 Å². The molecule has 8 bridgehead atoms. The first kappa shape index (κ1) is 32.8. The van der Waals surface area contributed by atoms with Gasteiger partial charge in [-0.25, -0.2) is 4.98 Å². The molecule has 0 N–H and O–H groups in total. The molecule has 7 aromatic carbocycles. The fraction of sp³-hybridized carbons (Fsp3) is 0.0392. The molecule has 270 valence electrons. The molecule has 0 saturated heterocycles. The third-order valence-electron chi connectivity index (χ3n) is 12.5. The van der Waals surface area contributed by atoms with Gasteiger partial charge in [0, 0.05) is 34.1 Å². The van der Waals surface area contributed by atoms with Crippen molar-refractivity contribution in [2.24, 2.45) is 0 Å². The Bertz CT molecular complexity index is 2760. The second-order valence-electron chi connectivity index (χ2n) is 15.0. The number of para-hydroxylation sites is 2. The molecule has 2 aliphatic carbocycles. The fourth-order valence-electron chi connectivity index (χ4n) is 10.4. The molecule has 5 aliphatic rings. The molecular weight excluding hydrogens is 878 g/mol. The van der Waals surface area contributed by atoms with Crippen LogP contribution in [0.5, 0.6) is 0 Å². The minimum absolute atomic E-state index is 0. The average molecular weight is 909 g/mol. The quantitative estimate of drug-likeness (QED) is 0.141. The minimum atomic E-state index is -0.825. The van der Waals surface area contributed by atoms with Crippen molar-refractivity contribution in [2.75, 3.05) is 19.6 Å². The van der Waals surface area contributed by atoms with Gasteiger partial charge in [0.25, 0.3) is 0 Å². The Morgan fingerprint density at radius 3 is 1.49 bits per heavy atom. The number of pyridine rings is 1. The van der Waals surface area contributed by atoms with Crippen molar-refractivity contribution in [3.8, 4) is 22.3 Å². The topological polar surface area (TPSA) is 25.9 Å². The predicted octanol–water partition coefficient (Wildman–Crippen LogP) is 11.1. The fourth-order valence-corrected chi connectivity index (χ4v) is 10.4. The van der Waals surface area contributed by atoms with Gasteiger partial charge in [-0.1, -0.05) is 109 Å². The molecule has 1 aromatic heterocycles. The number of aromatic nitrogens is 1. The molecular formula is C51H31N5Pt. The van der Waals surface area contributed by atoms with Crippen LogP contribution in [0.4, 0.5) is 34.3 Å². The Morgan fingerprint density at radius 2 is 0.877 bits per heavy atom. The van der Waals surface area contributed by atoms with Crippen LogP contribution in [0.25, 0.3) is 22.3 Å². The summed E-state index contributed by atoms with van der Waals surface area (Å²) in [5, 5.41) is 0. The van der Waals surface area contributed by atoms with E-state index in [0.29, 0.717) is 0 Å². The smallest absolute Gasteiger partial charge is 0.494 e. The maximum absolute atomic E-state index is 5.13. The van der Waals surface area contributed by atoms with Gasteiger partial charge < -0.3 is 19.6 Å². The van der Waals surface area contributed by atoms with Crippen LogP contribution in [0, 0.1) is 25.5 Å². The molecule has 4 heterocycles. The molecule has 0 saturated carbocycles. The van der Waals surface area contributed by atoms with Gasteiger partial charge >= 0.3 is 21.1 Å². The van der Waals surface area contributed by atoms with E-state index in [4.69, 9.17) is 4.98 Å². The van der Waals surface area contributed by atoms with Crippen molar-refractivity contribution >= 4 is 34.3 Å². The Labute approximate surface area is 346 Å². The van der Waals surface area contributed by atoms with Gasteiger partial charge in [0.1, 0.15) is 11.5 Å². The summed E-state index contributed by atoms with van der Waals surface area (Å²) in [7, 11) is 0. The summed E-state index contributed by atoms with van der Waals surface area (Å²) in [4.78, 5) is 14.6. The van der Waals surface area contributed by atoms with Gasteiger partial charge in [-0.15, -0.1) is 35.8 Å². The molecule has 0 unspecified atom stereocenters. The first-order valence-electron chi connectivity index (χ1n) is 19.1. The molecule has 0 amide bonds. The molecule has 0 radical (unpaired) electrons. The van der Waals surface area contributed by atoms with Crippen molar-refractivity contribution in [3.05, 3.63) is 235 Å². The number of hydrogen-bond acceptors (Lipinski definition) is 5. The maximum atomic E-state index is 5.13. The second kappa shape index (κ2) is 11.8. The van der Waals surface area contributed by atoms with Crippen LogP contribution in [-0.4, -0.2) is 4.98 Å². The van der Waals surface area contributed by atoms with Crippen molar-refractivity contribution in [1.82, 2.24) is 4.98 Å². The van der Waals surface area contributed by atoms with E-state index >= 15 is 0 Å². The molecule has 13 rings (SSSR count). The van der Waals surface area contributed by atoms with E-state index in [-0.39, 0.29) is 21.1 Å². The Balaban J connectivity index is 0.00000356. The normalized spacial score (nSPS) is 16.3. The van der Waals surface area contributed by atoms with E-state index in [9.17, 15) is 0 Å². The van der Waals surface area contributed by atoms with Crippen LogP contribution >= 0.6 is 0 Å². The van der Waals surface area contributed by atoms with Gasteiger partial charge in [0.15, 0.2) is 0 Å². The van der Waals surface area contributed by atoms with Gasteiger partial charge in [0.2, 0.25) is 0 Å². The van der Waals surface area contributed by atoms with Crippen LogP contribution in [0.1, 0.15) is 33.4 Å². The summed E-state index contributed by atoms with van der Waals surface area (Å²) in [6.07, 6.45) is 1.90. The first-order chi connectivity index (χ1) is 27.8. The zero-order valence-electron chi connectivity index (χ0n) is 30.5. The van der Waals surface area contributed by atoms with Gasteiger partial charge in [0.05, 0.1) is 5.69 Å². The zero-order chi connectivity index (χ0) is 36.6. The number of hydrogen-bond donors (Lipinski definition) is 0. The van der Waals surface area contributed by atoms with Gasteiger partial charge in [-0.05, 0) is 57.6 Å². The van der Waals surface area contributed by atoms with E-state index in [2.05, 4.69) is 209 Å². The largest absolute Gasteiger partial charge is 4.00 e. The standard InChI is InChI=1S/C51H31N5.Pt/c1-5-22-42-38(18-1)39-19-2-6-23-43(39)50(42)34-14-11-16-36(30-34)53-32-55(47-27-10-9-26-46(47)53)51(44-24-7-3-20-40(44)41-21-4-8-25-45(41)51)56-33-54(37-17-12-15-35(50)31-37)49-48(56)28-13-29-52-49;/h1-29,32-33H;/q-4;+4. The van der Waals surface area contributed by atoms with Crippen LogP contribution in [0.3, 0.4) is 0 Å². The molecule has 2 spiro atoms. The zero-order valence-corrected chi connectivity index (χ0v) is 32.7. The molecule has 3 aliphatic heterocycles.